The third-order valence-corrected chi connectivity index (χ3v) is 7.52. The van der Waals surface area contributed by atoms with Gasteiger partial charge in [-0.05, 0) is 66.0 Å². The molecule has 15 nitrogen and oxygen atoms in total. The van der Waals surface area contributed by atoms with E-state index in [0.29, 0.717) is 44.6 Å². The number of benzene rings is 5. The number of amides is 1. The van der Waals surface area contributed by atoms with Gasteiger partial charge in [-0.2, -0.15) is 5.11 Å². The Hall–Kier alpha value is -4.59. The topological polar surface area (TPSA) is 206 Å². The molecule has 0 unspecified atom stereocenters. The Kier molecular flexibility index (Phi) is 13.2. The van der Waals surface area contributed by atoms with Gasteiger partial charge in [-0.3, -0.25) is 4.79 Å². The quantitative estimate of drug-likeness (QED) is 0.0252. The number of ether oxygens (including phenoxy) is 1. The van der Waals surface area contributed by atoms with Gasteiger partial charge in [0.25, 0.3) is 5.91 Å². The minimum atomic E-state index is -0.320. The Balaban J connectivity index is 0.00000520. The SMILES string of the molecule is COc1cc(N=Nc2c(SOOO)cc3cc(NC(=O)c4ccccc4)ccc3c2O)c(O)cc1N=Nc1ccc(SOOO)cc1.[Cu]. The van der Waals surface area contributed by atoms with Crippen LogP contribution < -0.4 is 10.1 Å². The second-order valence-corrected chi connectivity index (χ2v) is 10.7. The number of rotatable bonds is 13. The van der Waals surface area contributed by atoms with E-state index in [1.807, 2.05) is 0 Å². The molecular weight excluding hydrogens is 718 g/mol. The fourth-order valence-corrected chi connectivity index (χ4v) is 4.99. The second kappa shape index (κ2) is 17.5. The Bertz CT molecular complexity index is 1940. The third kappa shape index (κ3) is 9.06. The van der Waals surface area contributed by atoms with Crippen molar-refractivity contribution in [3.63, 3.8) is 0 Å². The van der Waals surface area contributed by atoms with Crippen LogP contribution in [0.3, 0.4) is 0 Å². The molecule has 0 aliphatic rings. The number of carbonyl (C=O) groups is 1. The molecule has 0 heterocycles. The molecule has 0 aliphatic carbocycles. The van der Waals surface area contributed by atoms with E-state index in [-0.39, 0.29) is 62.2 Å². The molecule has 0 saturated heterocycles. The van der Waals surface area contributed by atoms with Crippen LogP contribution in [0.15, 0.2) is 121 Å². The summed E-state index contributed by atoms with van der Waals surface area (Å²) in [5.41, 5.74) is 1.50. The van der Waals surface area contributed by atoms with Gasteiger partial charge in [-0.25, -0.2) is 10.5 Å². The largest absolute Gasteiger partial charge is 0.506 e. The maximum absolute atomic E-state index is 12.6. The standard InChI is InChI=1S/C30H23N5O10S2.Cu/c1-41-26-16-23(25(36)15-24(26)34-32-19-7-10-21(11-8-19)46-44-42-39)33-35-28-27(47-45-43-40)14-18-13-20(9-12-22(18)29(28)37)31-30(38)17-5-3-2-4-6-17;/h2-16,36-37,39-40H,1H3,(H,31,38);. The molecule has 251 valence electrons. The molecule has 1 radical (unpaired) electrons. The molecule has 0 bridgehead atoms. The molecule has 5 N–H and O–H groups in total. The number of methoxy groups -OCH3 is 1. The van der Waals surface area contributed by atoms with E-state index in [2.05, 4.69) is 44.5 Å². The van der Waals surface area contributed by atoms with Crippen molar-refractivity contribution in [2.45, 2.75) is 9.79 Å². The van der Waals surface area contributed by atoms with Gasteiger partial charge in [0.2, 0.25) is 0 Å². The molecule has 0 atom stereocenters. The molecular formula is C30H23CuN5O10S2. The van der Waals surface area contributed by atoms with Crippen LogP contribution in [0, 0.1) is 0 Å². The first-order valence-corrected chi connectivity index (χ1v) is 14.7. The van der Waals surface area contributed by atoms with E-state index >= 15 is 0 Å². The molecule has 0 saturated carbocycles. The number of nitrogens with one attached hydrogen (secondary N) is 1. The monoisotopic (exact) mass is 740 g/mol. The zero-order valence-electron chi connectivity index (χ0n) is 24.3. The zero-order chi connectivity index (χ0) is 33.2. The van der Waals surface area contributed by atoms with E-state index in [1.165, 1.54) is 19.2 Å². The summed E-state index contributed by atoms with van der Waals surface area (Å²) in [7, 11) is 1.40. The predicted octanol–water partition coefficient (Wildman–Crippen LogP) is 9.20. The number of hydrogen-bond donors (Lipinski definition) is 5. The summed E-state index contributed by atoms with van der Waals surface area (Å²) in [5, 5.41) is 66.4. The Morgan fingerprint density at radius 2 is 1.48 bits per heavy atom. The van der Waals surface area contributed by atoms with Gasteiger partial charge >= 0.3 is 0 Å². The number of azo groups is 2. The molecule has 5 rings (SSSR count). The van der Waals surface area contributed by atoms with E-state index < -0.39 is 0 Å². The summed E-state index contributed by atoms with van der Waals surface area (Å²) in [5.74, 6) is -0.725. The van der Waals surface area contributed by atoms with Crippen molar-refractivity contribution in [2.24, 2.45) is 20.5 Å². The first-order valence-electron chi connectivity index (χ1n) is 13.2. The average molecular weight is 741 g/mol. The van der Waals surface area contributed by atoms with Gasteiger partial charge in [-0.1, -0.05) is 28.3 Å². The van der Waals surface area contributed by atoms with Gasteiger partial charge in [0.1, 0.15) is 28.6 Å². The van der Waals surface area contributed by atoms with E-state index in [4.69, 9.17) is 15.3 Å². The Morgan fingerprint density at radius 3 is 2.19 bits per heavy atom. The molecule has 5 aromatic carbocycles. The second-order valence-electron chi connectivity index (χ2n) is 9.19. The number of phenols is 2. The number of nitrogens with zero attached hydrogens (tertiary/aromatic N) is 4. The first-order chi connectivity index (χ1) is 22.9. The maximum atomic E-state index is 12.6. The number of carbonyl (C=O) groups excluding carboxylic acids is 1. The van der Waals surface area contributed by atoms with Crippen molar-refractivity contribution in [2.75, 3.05) is 12.4 Å². The summed E-state index contributed by atoms with van der Waals surface area (Å²) in [6.07, 6.45) is 0. The van der Waals surface area contributed by atoms with Gasteiger partial charge in [-0.15, -0.1) is 24.0 Å². The van der Waals surface area contributed by atoms with Gasteiger partial charge in [0.05, 0.1) is 41.8 Å². The van der Waals surface area contributed by atoms with Crippen molar-refractivity contribution in [1.29, 1.82) is 0 Å². The fourth-order valence-electron chi connectivity index (χ4n) is 4.14. The van der Waals surface area contributed by atoms with Crippen LogP contribution in [0.5, 0.6) is 17.2 Å². The average Bonchev–Trinajstić information content (AvgIpc) is 3.09. The molecule has 5 aromatic rings. The number of phenolic OH excluding ortho intramolecular Hbond substituents is 2. The van der Waals surface area contributed by atoms with Crippen molar-refractivity contribution in [1.82, 2.24) is 0 Å². The summed E-state index contributed by atoms with van der Waals surface area (Å²) >= 11 is 1.33. The Morgan fingerprint density at radius 1 is 0.771 bits per heavy atom. The predicted molar refractivity (Wildman–Crippen MR) is 171 cm³/mol. The summed E-state index contributed by atoms with van der Waals surface area (Å²) in [4.78, 5) is 13.4. The molecule has 48 heavy (non-hydrogen) atoms. The molecule has 1 amide bonds. The van der Waals surface area contributed by atoms with Crippen LogP contribution >= 0.6 is 24.1 Å². The molecule has 0 aromatic heterocycles. The van der Waals surface area contributed by atoms with Gasteiger partial charge in [0.15, 0.2) is 5.75 Å². The van der Waals surface area contributed by atoms with Gasteiger partial charge < -0.3 is 20.3 Å². The third-order valence-electron chi connectivity index (χ3n) is 6.30. The zero-order valence-corrected chi connectivity index (χ0v) is 26.9. The summed E-state index contributed by atoms with van der Waals surface area (Å²) in [6.45, 7) is 0. The molecule has 0 spiro atoms. The summed E-state index contributed by atoms with van der Waals surface area (Å²) < 4.78 is 14.4. The minimum absolute atomic E-state index is 0. The van der Waals surface area contributed by atoms with Crippen molar-refractivity contribution in [3.05, 3.63) is 96.6 Å². The van der Waals surface area contributed by atoms with E-state index in [9.17, 15) is 15.0 Å². The smallest absolute Gasteiger partial charge is 0.255 e. The maximum Gasteiger partial charge on any atom is 0.255 e. The van der Waals surface area contributed by atoms with E-state index in [0.717, 1.165) is 12.0 Å². The molecule has 18 heteroatoms. The minimum Gasteiger partial charge on any atom is -0.506 e. The van der Waals surface area contributed by atoms with Crippen LogP contribution in [0.1, 0.15) is 10.4 Å². The van der Waals surface area contributed by atoms with Gasteiger partial charge in [0, 0.05) is 50.7 Å². The van der Waals surface area contributed by atoms with Crippen LogP contribution in [0.4, 0.5) is 28.4 Å². The van der Waals surface area contributed by atoms with Crippen molar-refractivity contribution >= 4 is 69.2 Å². The van der Waals surface area contributed by atoms with Crippen molar-refractivity contribution in [3.8, 4) is 17.2 Å². The van der Waals surface area contributed by atoms with Crippen LogP contribution in [-0.4, -0.2) is 33.7 Å². The first kappa shape index (κ1) is 36.2. The van der Waals surface area contributed by atoms with E-state index in [1.54, 1.807) is 78.9 Å². The number of fused-ring (bicyclic) bond motifs is 1. The molecule has 0 aliphatic heterocycles. The van der Waals surface area contributed by atoms with Crippen LogP contribution in [0.2, 0.25) is 0 Å². The van der Waals surface area contributed by atoms with Crippen LogP contribution in [0.25, 0.3) is 10.8 Å². The van der Waals surface area contributed by atoms with Crippen molar-refractivity contribution < 1.29 is 66.1 Å². The summed E-state index contributed by atoms with van der Waals surface area (Å²) in [6, 6.07) is 24.3. The fraction of sp³-hybridized carbons (Fsp3) is 0.0333. The Labute approximate surface area is 290 Å². The molecule has 0 fully saturated rings. The van der Waals surface area contributed by atoms with Crippen LogP contribution in [-0.2, 0) is 35.8 Å². The number of hydrogen-bond acceptors (Lipinski definition) is 16. The normalized spacial score (nSPS) is 11.2. The number of anilines is 1. The number of aromatic hydroxyl groups is 2.